The molecule has 2 aromatic carbocycles. The number of amides is 1. The number of hydrogen-bond donors (Lipinski definition) is 1. The summed E-state index contributed by atoms with van der Waals surface area (Å²) in [5, 5.41) is 3.04. The lowest BCUT2D eigenvalue weighted by atomic mass is 9.87. The average molecular weight is 361 g/mol. The van der Waals surface area contributed by atoms with Gasteiger partial charge in [0.1, 0.15) is 5.75 Å². The summed E-state index contributed by atoms with van der Waals surface area (Å²) in [5.41, 5.74) is 3.48. The second-order valence-electron chi connectivity index (χ2n) is 6.29. The molecule has 0 saturated carbocycles. The van der Waals surface area contributed by atoms with Crippen LogP contribution in [-0.2, 0) is 17.8 Å². The molecular weight excluding hydrogens is 340 g/mol. The van der Waals surface area contributed by atoms with E-state index in [2.05, 4.69) is 10.1 Å². The molecule has 0 aromatic heterocycles. The van der Waals surface area contributed by atoms with Gasteiger partial charge in [-0.2, -0.15) is 8.78 Å². The maximum absolute atomic E-state index is 12.5. The van der Waals surface area contributed by atoms with E-state index >= 15 is 0 Å². The summed E-state index contributed by atoms with van der Waals surface area (Å²) in [6.45, 7) is -2.34. The van der Waals surface area contributed by atoms with Crippen molar-refractivity contribution in [3.05, 3.63) is 64.7 Å². The van der Waals surface area contributed by atoms with Crippen molar-refractivity contribution >= 4 is 5.91 Å². The van der Waals surface area contributed by atoms with Crippen molar-refractivity contribution in [2.45, 2.75) is 38.5 Å². The van der Waals surface area contributed by atoms with E-state index in [-0.39, 0.29) is 17.7 Å². The van der Waals surface area contributed by atoms with Crippen LogP contribution in [0.5, 0.6) is 5.75 Å². The number of halogens is 2. The van der Waals surface area contributed by atoms with Gasteiger partial charge in [0.2, 0.25) is 0 Å². The monoisotopic (exact) mass is 361 g/mol. The minimum Gasteiger partial charge on any atom is -0.435 e. The Balaban J connectivity index is 1.72. The van der Waals surface area contributed by atoms with Gasteiger partial charge in [-0.25, -0.2) is 0 Å². The topological polar surface area (TPSA) is 47.6 Å². The summed E-state index contributed by atoms with van der Waals surface area (Å²) in [6, 6.07) is 12.1. The van der Waals surface area contributed by atoms with Crippen molar-refractivity contribution in [2.24, 2.45) is 0 Å². The maximum Gasteiger partial charge on any atom is 0.387 e. The molecule has 0 fully saturated rings. The van der Waals surface area contributed by atoms with Crippen molar-refractivity contribution in [2.75, 3.05) is 7.11 Å². The Morgan fingerprint density at radius 3 is 2.69 bits per heavy atom. The third-order valence-electron chi connectivity index (χ3n) is 4.49. The maximum atomic E-state index is 12.5. The number of ether oxygens (including phenoxy) is 2. The van der Waals surface area contributed by atoms with Crippen molar-refractivity contribution in [3.63, 3.8) is 0 Å². The molecule has 0 aliphatic heterocycles. The Bertz CT molecular complexity index is 762. The number of rotatable bonds is 6. The van der Waals surface area contributed by atoms with Gasteiger partial charge in [0.15, 0.2) is 0 Å². The quantitative estimate of drug-likeness (QED) is 0.837. The van der Waals surface area contributed by atoms with Gasteiger partial charge < -0.3 is 14.8 Å². The van der Waals surface area contributed by atoms with Crippen LogP contribution in [0.25, 0.3) is 0 Å². The van der Waals surface area contributed by atoms with E-state index in [1.165, 1.54) is 6.07 Å². The molecule has 0 radical (unpaired) electrons. The summed E-state index contributed by atoms with van der Waals surface area (Å²) >= 11 is 0. The second kappa shape index (κ2) is 8.27. The first-order chi connectivity index (χ1) is 12.6. The lowest BCUT2D eigenvalue weighted by molar-refractivity contribution is -0.0499. The van der Waals surface area contributed by atoms with Gasteiger partial charge in [-0.05, 0) is 60.2 Å². The summed E-state index contributed by atoms with van der Waals surface area (Å²) in [7, 11) is 1.62. The number of aryl methyl sites for hydroxylation is 1. The fraction of sp³-hybridized carbons (Fsp3) is 0.350. The Morgan fingerprint density at radius 2 is 2.00 bits per heavy atom. The fourth-order valence-corrected chi connectivity index (χ4v) is 3.28. The SMILES string of the molecule is COCc1ccc(C(=O)NC2CCCc3cc(OC(F)F)ccc32)cc1. The third kappa shape index (κ3) is 4.38. The second-order valence-corrected chi connectivity index (χ2v) is 6.29. The first kappa shape index (κ1) is 18.3. The molecule has 3 rings (SSSR count). The Kier molecular flexibility index (Phi) is 5.83. The largest absolute Gasteiger partial charge is 0.435 e. The lowest BCUT2D eigenvalue weighted by Gasteiger charge is -2.27. The van der Waals surface area contributed by atoms with E-state index in [9.17, 15) is 13.6 Å². The highest BCUT2D eigenvalue weighted by molar-refractivity contribution is 5.94. The highest BCUT2D eigenvalue weighted by Crippen LogP contribution is 2.32. The van der Waals surface area contributed by atoms with Crippen LogP contribution in [0.4, 0.5) is 8.78 Å². The zero-order valence-corrected chi connectivity index (χ0v) is 14.5. The zero-order chi connectivity index (χ0) is 18.5. The minimum absolute atomic E-state index is 0.134. The summed E-state index contributed by atoms with van der Waals surface area (Å²) in [5.74, 6) is -0.000757. The van der Waals surface area contributed by atoms with Gasteiger partial charge in [0, 0.05) is 12.7 Å². The molecule has 0 saturated heterocycles. The number of alkyl halides is 2. The number of carbonyl (C=O) groups is 1. The van der Waals surface area contributed by atoms with Gasteiger partial charge in [-0.3, -0.25) is 4.79 Å². The number of fused-ring (bicyclic) bond motifs is 1. The van der Waals surface area contributed by atoms with Crippen LogP contribution >= 0.6 is 0 Å². The average Bonchev–Trinajstić information content (AvgIpc) is 2.62. The van der Waals surface area contributed by atoms with Crippen LogP contribution in [0, 0.1) is 0 Å². The van der Waals surface area contributed by atoms with Crippen molar-refractivity contribution in [1.29, 1.82) is 0 Å². The van der Waals surface area contributed by atoms with Crippen LogP contribution in [0.1, 0.15) is 45.9 Å². The Morgan fingerprint density at radius 1 is 1.23 bits per heavy atom. The molecule has 1 aliphatic carbocycles. The predicted octanol–water partition coefficient (Wildman–Crippen LogP) is 4.24. The van der Waals surface area contributed by atoms with E-state index in [4.69, 9.17) is 4.74 Å². The van der Waals surface area contributed by atoms with Crippen LogP contribution in [0.3, 0.4) is 0 Å². The molecule has 1 aliphatic rings. The molecule has 26 heavy (non-hydrogen) atoms. The normalized spacial score (nSPS) is 16.2. The third-order valence-corrected chi connectivity index (χ3v) is 4.49. The molecule has 1 amide bonds. The number of nitrogens with one attached hydrogen (secondary N) is 1. The van der Waals surface area contributed by atoms with Crippen LogP contribution in [0.2, 0.25) is 0 Å². The van der Waals surface area contributed by atoms with Gasteiger partial charge in [0.25, 0.3) is 5.91 Å². The number of benzene rings is 2. The highest BCUT2D eigenvalue weighted by Gasteiger charge is 2.23. The van der Waals surface area contributed by atoms with Crippen molar-refractivity contribution in [3.8, 4) is 5.75 Å². The van der Waals surface area contributed by atoms with E-state index in [1.54, 1.807) is 31.4 Å². The molecule has 1 unspecified atom stereocenters. The van der Waals surface area contributed by atoms with Crippen LogP contribution < -0.4 is 10.1 Å². The lowest BCUT2D eigenvalue weighted by Crippen LogP contribution is -2.31. The summed E-state index contributed by atoms with van der Waals surface area (Å²) in [6.07, 6.45) is 2.48. The first-order valence-corrected chi connectivity index (χ1v) is 8.53. The molecule has 4 nitrogen and oxygen atoms in total. The van der Waals surface area contributed by atoms with E-state index in [0.717, 1.165) is 36.0 Å². The molecule has 6 heteroatoms. The zero-order valence-electron chi connectivity index (χ0n) is 14.5. The summed E-state index contributed by atoms with van der Waals surface area (Å²) < 4.78 is 34.3. The van der Waals surface area contributed by atoms with E-state index in [0.29, 0.717) is 12.2 Å². The standard InChI is InChI=1S/C20H21F2NO3/c1-25-12-13-5-7-14(8-6-13)19(24)23-18-4-2-3-15-11-16(26-20(21)22)9-10-17(15)18/h5-11,18,20H,2-4,12H2,1H3,(H,23,24). The Labute approximate surface area is 151 Å². The van der Waals surface area contributed by atoms with Gasteiger partial charge in [-0.1, -0.05) is 18.2 Å². The van der Waals surface area contributed by atoms with Crippen molar-refractivity contribution < 1.29 is 23.0 Å². The van der Waals surface area contributed by atoms with Crippen LogP contribution in [0.15, 0.2) is 42.5 Å². The van der Waals surface area contributed by atoms with Crippen LogP contribution in [-0.4, -0.2) is 19.6 Å². The van der Waals surface area contributed by atoms with Gasteiger partial charge >= 0.3 is 6.61 Å². The molecule has 1 N–H and O–H groups in total. The summed E-state index contributed by atoms with van der Waals surface area (Å²) in [4.78, 5) is 12.5. The molecule has 0 spiro atoms. The molecule has 1 atom stereocenters. The molecule has 138 valence electrons. The van der Waals surface area contributed by atoms with E-state index in [1.807, 2.05) is 12.1 Å². The van der Waals surface area contributed by atoms with Gasteiger partial charge in [-0.15, -0.1) is 0 Å². The minimum atomic E-state index is -2.84. The fourth-order valence-electron chi connectivity index (χ4n) is 3.28. The smallest absolute Gasteiger partial charge is 0.387 e. The highest BCUT2D eigenvalue weighted by atomic mass is 19.3. The molecule has 0 bridgehead atoms. The first-order valence-electron chi connectivity index (χ1n) is 8.53. The number of hydrogen-bond acceptors (Lipinski definition) is 3. The van der Waals surface area contributed by atoms with Gasteiger partial charge in [0.05, 0.1) is 12.6 Å². The van der Waals surface area contributed by atoms with E-state index < -0.39 is 6.61 Å². The van der Waals surface area contributed by atoms with Crippen molar-refractivity contribution in [1.82, 2.24) is 5.32 Å². The Hall–Kier alpha value is -2.47. The molecule has 2 aromatic rings. The predicted molar refractivity (Wildman–Crippen MR) is 93.4 cm³/mol. The molecule has 0 heterocycles. The molecular formula is C20H21F2NO3. The number of methoxy groups -OCH3 is 1. The number of carbonyl (C=O) groups excluding carboxylic acids is 1.